The van der Waals surface area contributed by atoms with Gasteiger partial charge in [-0.05, 0) is 75.3 Å². The smallest absolute Gasteiger partial charge is 0.243 e. The van der Waals surface area contributed by atoms with E-state index >= 15 is 0 Å². The zero-order chi connectivity index (χ0) is 19.9. The number of benzene rings is 1. The lowest BCUT2D eigenvalue weighted by molar-refractivity contribution is -0.122. The normalized spacial score (nSPS) is 19.3. The van der Waals surface area contributed by atoms with Crippen LogP contribution in [-0.2, 0) is 14.8 Å². The number of nitrogens with zero attached hydrogens (tertiary/aromatic N) is 2. The zero-order valence-corrected chi connectivity index (χ0v) is 17.9. The number of rotatable bonds is 5. The predicted molar refractivity (Wildman–Crippen MR) is 106 cm³/mol. The minimum absolute atomic E-state index is 0.0466. The molecular weight excluding hydrogens is 362 g/mol. The highest BCUT2D eigenvalue weighted by atomic mass is 32.2. The van der Waals surface area contributed by atoms with E-state index in [0.717, 1.165) is 40.7 Å². The summed E-state index contributed by atoms with van der Waals surface area (Å²) in [5, 5.41) is 2.99. The number of amides is 1. The second kappa shape index (κ2) is 7.53. The number of carbonyl (C=O) groups is 1. The van der Waals surface area contributed by atoms with Gasteiger partial charge < -0.3 is 5.32 Å². The summed E-state index contributed by atoms with van der Waals surface area (Å²) in [6.45, 7) is 12.2. The molecule has 3 rings (SSSR count). The molecule has 1 aromatic rings. The van der Waals surface area contributed by atoms with E-state index in [0.29, 0.717) is 43.7 Å². The summed E-state index contributed by atoms with van der Waals surface area (Å²) in [4.78, 5) is 14.5. The lowest BCUT2D eigenvalue weighted by Crippen LogP contribution is -2.51. The van der Waals surface area contributed by atoms with Gasteiger partial charge in [-0.3, -0.25) is 9.69 Å². The summed E-state index contributed by atoms with van der Waals surface area (Å²) in [7, 11) is -3.54. The van der Waals surface area contributed by atoms with Crippen molar-refractivity contribution in [3.8, 4) is 0 Å². The summed E-state index contributed by atoms with van der Waals surface area (Å²) in [6.07, 6.45) is 2.15. The molecule has 2 fully saturated rings. The molecule has 7 heteroatoms. The predicted octanol–water partition coefficient (Wildman–Crippen LogP) is 1.81. The molecule has 150 valence electrons. The van der Waals surface area contributed by atoms with Crippen LogP contribution in [0.3, 0.4) is 0 Å². The van der Waals surface area contributed by atoms with Gasteiger partial charge in [-0.15, -0.1) is 0 Å². The molecule has 0 aromatic heterocycles. The second-order valence-electron chi connectivity index (χ2n) is 7.98. The summed E-state index contributed by atoms with van der Waals surface area (Å²) in [5.74, 6) is 0.0466. The van der Waals surface area contributed by atoms with Gasteiger partial charge >= 0.3 is 0 Å². The summed E-state index contributed by atoms with van der Waals surface area (Å²) >= 11 is 0. The first-order valence-corrected chi connectivity index (χ1v) is 11.2. The molecule has 1 saturated heterocycles. The zero-order valence-electron chi connectivity index (χ0n) is 17.1. The van der Waals surface area contributed by atoms with Crippen molar-refractivity contribution in [3.63, 3.8) is 0 Å². The van der Waals surface area contributed by atoms with E-state index in [1.165, 1.54) is 0 Å². The van der Waals surface area contributed by atoms with Gasteiger partial charge in [0.05, 0.1) is 11.4 Å². The molecule has 0 unspecified atom stereocenters. The van der Waals surface area contributed by atoms with Crippen molar-refractivity contribution in [2.24, 2.45) is 0 Å². The first-order chi connectivity index (χ1) is 12.6. The first-order valence-electron chi connectivity index (χ1n) is 9.71. The number of sulfonamides is 1. The standard InChI is InChI=1S/C20H31N3O3S/c1-13-14(2)16(4)20(17(5)15(13)3)27(25,26)23-10-8-22(9-11-23)12-19(24)21-18-6-7-18/h18H,6-12H2,1-5H3,(H,21,24). The van der Waals surface area contributed by atoms with Crippen LogP contribution in [0.5, 0.6) is 0 Å². The minimum atomic E-state index is -3.54. The second-order valence-corrected chi connectivity index (χ2v) is 9.85. The Balaban J connectivity index is 1.73. The lowest BCUT2D eigenvalue weighted by atomic mass is 9.95. The van der Waals surface area contributed by atoms with E-state index < -0.39 is 10.0 Å². The Morgan fingerprint density at radius 2 is 1.37 bits per heavy atom. The van der Waals surface area contributed by atoms with E-state index in [1.54, 1.807) is 4.31 Å². The van der Waals surface area contributed by atoms with E-state index in [-0.39, 0.29) is 5.91 Å². The van der Waals surface area contributed by atoms with Crippen molar-refractivity contribution < 1.29 is 13.2 Å². The molecule has 1 amide bonds. The van der Waals surface area contributed by atoms with E-state index in [2.05, 4.69) is 5.32 Å². The average molecular weight is 394 g/mol. The maximum Gasteiger partial charge on any atom is 0.243 e. The Morgan fingerprint density at radius 3 is 1.85 bits per heavy atom. The Labute approximate surface area is 163 Å². The van der Waals surface area contributed by atoms with Crippen LogP contribution in [0.1, 0.15) is 40.7 Å². The fourth-order valence-corrected chi connectivity index (χ4v) is 5.80. The molecule has 0 atom stereocenters. The molecule has 1 heterocycles. The quantitative estimate of drug-likeness (QED) is 0.828. The maximum atomic E-state index is 13.4. The van der Waals surface area contributed by atoms with E-state index in [4.69, 9.17) is 0 Å². The van der Waals surface area contributed by atoms with Crippen LogP contribution in [0.4, 0.5) is 0 Å². The molecule has 1 aliphatic carbocycles. The van der Waals surface area contributed by atoms with Gasteiger partial charge in [0.15, 0.2) is 0 Å². The van der Waals surface area contributed by atoms with Crippen molar-refractivity contribution in [2.45, 2.75) is 58.4 Å². The first kappa shape index (κ1) is 20.3. The highest BCUT2D eigenvalue weighted by Crippen LogP contribution is 2.31. The third-order valence-electron chi connectivity index (χ3n) is 6.17. The molecular formula is C20H31N3O3S. The van der Waals surface area contributed by atoms with Crippen LogP contribution in [0, 0.1) is 34.6 Å². The van der Waals surface area contributed by atoms with Crippen LogP contribution < -0.4 is 5.32 Å². The van der Waals surface area contributed by atoms with Crippen LogP contribution >= 0.6 is 0 Å². The van der Waals surface area contributed by atoms with Crippen LogP contribution in [0.25, 0.3) is 0 Å². The molecule has 0 spiro atoms. The largest absolute Gasteiger partial charge is 0.352 e. The van der Waals surface area contributed by atoms with Crippen molar-refractivity contribution in [1.29, 1.82) is 0 Å². The van der Waals surface area contributed by atoms with Gasteiger partial charge in [0, 0.05) is 32.2 Å². The Kier molecular flexibility index (Phi) is 5.66. The number of hydrogen-bond donors (Lipinski definition) is 1. The molecule has 0 radical (unpaired) electrons. The molecule has 1 N–H and O–H groups in total. The van der Waals surface area contributed by atoms with Gasteiger partial charge in [0.25, 0.3) is 0 Å². The van der Waals surface area contributed by atoms with Gasteiger partial charge in [-0.25, -0.2) is 8.42 Å². The number of carbonyl (C=O) groups excluding carboxylic acids is 1. The fraction of sp³-hybridized carbons (Fsp3) is 0.650. The highest BCUT2D eigenvalue weighted by Gasteiger charge is 2.33. The number of nitrogens with one attached hydrogen (secondary N) is 1. The van der Waals surface area contributed by atoms with Crippen LogP contribution in [0.2, 0.25) is 0 Å². The minimum Gasteiger partial charge on any atom is -0.352 e. The van der Waals surface area contributed by atoms with Gasteiger partial charge in [0.2, 0.25) is 15.9 Å². The monoisotopic (exact) mass is 393 g/mol. The van der Waals surface area contributed by atoms with Crippen molar-refractivity contribution in [1.82, 2.24) is 14.5 Å². The molecule has 1 aliphatic heterocycles. The lowest BCUT2D eigenvalue weighted by Gasteiger charge is -2.34. The number of hydrogen-bond acceptors (Lipinski definition) is 4. The van der Waals surface area contributed by atoms with Crippen LogP contribution in [0.15, 0.2) is 4.90 Å². The Bertz CT molecular complexity index is 823. The Hall–Kier alpha value is -1.44. The van der Waals surface area contributed by atoms with Crippen LogP contribution in [-0.4, -0.2) is 62.3 Å². The van der Waals surface area contributed by atoms with Crippen molar-refractivity contribution in [3.05, 3.63) is 27.8 Å². The third kappa shape index (κ3) is 4.05. The van der Waals surface area contributed by atoms with Gasteiger partial charge in [-0.2, -0.15) is 4.31 Å². The van der Waals surface area contributed by atoms with E-state index in [1.807, 2.05) is 39.5 Å². The van der Waals surface area contributed by atoms with Gasteiger partial charge in [0.1, 0.15) is 0 Å². The third-order valence-corrected chi connectivity index (χ3v) is 8.34. The average Bonchev–Trinajstić information content (AvgIpc) is 3.42. The number of piperazine rings is 1. The summed E-state index contributed by atoms with van der Waals surface area (Å²) in [5.41, 5.74) is 4.96. The van der Waals surface area contributed by atoms with Gasteiger partial charge in [-0.1, -0.05) is 0 Å². The fourth-order valence-electron chi connectivity index (χ4n) is 3.81. The van der Waals surface area contributed by atoms with Crippen molar-refractivity contribution >= 4 is 15.9 Å². The van der Waals surface area contributed by atoms with Crippen molar-refractivity contribution in [2.75, 3.05) is 32.7 Å². The molecule has 1 saturated carbocycles. The SMILES string of the molecule is Cc1c(C)c(C)c(S(=O)(=O)N2CCN(CC(=O)NC3CC3)CC2)c(C)c1C. The van der Waals surface area contributed by atoms with E-state index in [9.17, 15) is 13.2 Å². The Morgan fingerprint density at radius 1 is 0.889 bits per heavy atom. The highest BCUT2D eigenvalue weighted by molar-refractivity contribution is 7.89. The summed E-state index contributed by atoms with van der Waals surface area (Å²) in [6, 6.07) is 0.359. The molecule has 2 aliphatic rings. The molecule has 27 heavy (non-hydrogen) atoms. The molecule has 1 aromatic carbocycles. The maximum absolute atomic E-state index is 13.4. The topological polar surface area (TPSA) is 69.7 Å². The molecule has 6 nitrogen and oxygen atoms in total. The summed E-state index contributed by atoms with van der Waals surface area (Å²) < 4.78 is 28.3. The molecule has 0 bridgehead atoms.